The van der Waals surface area contributed by atoms with Gasteiger partial charge in [0.2, 0.25) is 5.91 Å². The number of furan rings is 1. The van der Waals surface area contributed by atoms with Crippen LogP contribution in [0.25, 0.3) is 10.9 Å². The Morgan fingerprint density at radius 3 is 2.87 bits per heavy atom. The minimum atomic E-state index is -0.0489. The van der Waals surface area contributed by atoms with Crippen LogP contribution in [0, 0.1) is 0 Å². The maximum atomic E-state index is 12.0. The molecule has 3 aromatic rings. The Bertz CT molecular complexity index is 803. The summed E-state index contributed by atoms with van der Waals surface area (Å²) in [4.78, 5) is 21.1. The number of nitrogens with zero attached hydrogens (tertiary/aromatic N) is 2. The molecule has 0 aliphatic heterocycles. The van der Waals surface area contributed by atoms with Gasteiger partial charge in [0.15, 0.2) is 0 Å². The predicted octanol–water partition coefficient (Wildman–Crippen LogP) is 3.19. The molecule has 0 bridgehead atoms. The molecule has 5 nitrogen and oxygen atoms in total. The van der Waals surface area contributed by atoms with Crippen molar-refractivity contribution in [2.75, 3.05) is 5.75 Å². The van der Waals surface area contributed by atoms with Gasteiger partial charge in [0.25, 0.3) is 0 Å². The van der Waals surface area contributed by atoms with Crippen molar-refractivity contribution < 1.29 is 9.21 Å². The van der Waals surface area contributed by atoms with E-state index in [1.165, 1.54) is 11.8 Å². The van der Waals surface area contributed by atoms with Gasteiger partial charge in [-0.3, -0.25) is 4.79 Å². The number of carbonyl (C=O) groups is 1. The average Bonchev–Trinajstić information content (AvgIpc) is 3.11. The van der Waals surface area contributed by atoms with Gasteiger partial charge in [0.1, 0.15) is 16.6 Å². The number of rotatable bonds is 6. The molecule has 23 heavy (non-hydrogen) atoms. The molecule has 0 aliphatic carbocycles. The Kier molecular flexibility index (Phi) is 4.92. The SMILES string of the molecule is CCc1nc(SCC(=O)NCc2ccco2)c2ccccc2n1. The molecule has 0 aliphatic rings. The number of para-hydroxylation sites is 1. The van der Waals surface area contributed by atoms with E-state index in [0.717, 1.165) is 33.9 Å². The van der Waals surface area contributed by atoms with Crippen molar-refractivity contribution in [3.8, 4) is 0 Å². The van der Waals surface area contributed by atoms with Crippen LogP contribution in [0.2, 0.25) is 0 Å². The van der Waals surface area contributed by atoms with E-state index >= 15 is 0 Å². The number of carbonyl (C=O) groups excluding carboxylic acids is 1. The van der Waals surface area contributed by atoms with Crippen LogP contribution in [0.4, 0.5) is 0 Å². The zero-order chi connectivity index (χ0) is 16.1. The third-order valence-corrected chi connectivity index (χ3v) is 4.30. The maximum absolute atomic E-state index is 12.0. The van der Waals surface area contributed by atoms with E-state index in [9.17, 15) is 4.79 Å². The largest absolute Gasteiger partial charge is 0.467 e. The van der Waals surface area contributed by atoms with Gasteiger partial charge < -0.3 is 9.73 Å². The summed E-state index contributed by atoms with van der Waals surface area (Å²) in [5.41, 5.74) is 0.915. The summed E-state index contributed by atoms with van der Waals surface area (Å²) in [6.07, 6.45) is 2.36. The van der Waals surface area contributed by atoms with Crippen LogP contribution in [0.5, 0.6) is 0 Å². The van der Waals surface area contributed by atoms with Crippen molar-refractivity contribution in [3.05, 3.63) is 54.2 Å². The van der Waals surface area contributed by atoms with Crippen molar-refractivity contribution in [2.24, 2.45) is 0 Å². The molecule has 1 amide bonds. The Hall–Kier alpha value is -2.34. The molecule has 1 aromatic carbocycles. The predicted molar refractivity (Wildman–Crippen MR) is 90.2 cm³/mol. The van der Waals surface area contributed by atoms with E-state index in [0.29, 0.717) is 12.3 Å². The lowest BCUT2D eigenvalue weighted by Crippen LogP contribution is -2.24. The zero-order valence-corrected chi connectivity index (χ0v) is 13.6. The average molecular weight is 327 g/mol. The molecular weight excluding hydrogens is 310 g/mol. The van der Waals surface area contributed by atoms with Crippen LogP contribution < -0.4 is 5.32 Å². The first-order valence-electron chi connectivity index (χ1n) is 7.44. The number of aryl methyl sites for hydroxylation is 1. The van der Waals surface area contributed by atoms with E-state index in [2.05, 4.69) is 15.3 Å². The minimum absolute atomic E-state index is 0.0489. The molecule has 6 heteroatoms. The first-order chi connectivity index (χ1) is 11.3. The first-order valence-corrected chi connectivity index (χ1v) is 8.42. The van der Waals surface area contributed by atoms with Crippen LogP contribution in [-0.2, 0) is 17.8 Å². The topological polar surface area (TPSA) is 68.0 Å². The summed E-state index contributed by atoms with van der Waals surface area (Å²) < 4.78 is 5.19. The summed E-state index contributed by atoms with van der Waals surface area (Å²) in [5, 5.41) is 4.66. The molecule has 118 valence electrons. The summed E-state index contributed by atoms with van der Waals surface area (Å²) in [7, 11) is 0. The first kappa shape index (κ1) is 15.6. The van der Waals surface area contributed by atoms with Gasteiger partial charge in [0, 0.05) is 11.8 Å². The van der Waals surface area contributed by atoms with Gasteiger partial charge in [-0.15, -0.1) is 0 Å². The normalized spacial score (nSPS) is 10.8. The highest BCUT2D eigenvalue weighted by Crippen LogP contribution is 2.25. The summed E-state index contributed by atoms with van der Waals surface area (Å²) in [6, 6.07) is 11.5. The molecule has 2 heterocycles. The Morgan fingerprint density at radius 1 is 1.22 bits per heavy atom. The van der Waals surface area contributed by atoms with Gasteiger partial charge in [-0.05, 0) is 18.2 Å². The Balaban J connectivity index is 1.67. The molecule has 0 unspecified atom stereocenters. The number of benzene rings is 1. The number of nitrogens with one attached hydrogen (secondary N) is 1. The quantitative estimate of drug-likeness (QED) is 0.556. The van der Waals surface area contributed by atoms with E-state index in [1.807, 2.05) is 37.3 Å². The van der Waals surface area contributed by atoms with Crippen LogP contribution in [0.3, 0.4) is 0 Å². The summed E-state index contributed by atoms with van der Waals surface area (Å²) in [5.74, 6) is 1.80. The molecular formula is C17H17N3O2S. The second-order valence-corrected chi connectivity index (χ2v) is 5.92. The third kappa shape index (κ3) is 3.90. The van der Waals surface area contributed by atoms with Gasteiger partial charge in [0.05, 0.1) is 24.1 Å². The maximum Gasteiger partial charge on any atom is 0.230 e. The van der Waals surface area contributed by atoms with Crippen molar-refractivity contribution in [2.45, 2.75) is 24.9 Å². The number of fused-ring (bicyclic) bond motifs is 1. The van der Waals surface area contributed by atoms with Crippen molar-refractivity contribution in [3.63, 3.8) is 0 Å². The lowest BCUT2D eigenvalue weighted by Gasteiger charge is -2.07. The molecule has 0 saturated carbocycles. The molecule has 3 rings (SSSR count). The molecule has 0 spiro atoms. The Morgan fingerprint density at radius 2 is 2.09 bits per heavy atom. The fourth-order valence-electron chi connectivity index (χ4n) is 2.15. The van der Waals surface area contributed by atoms with Crippen LogP contribution in [0.1, 0.15) is 18.5 Å². The molecule has 0 radical (unpaired) electrons. The standard InChI is InChI=1S/C17H17N3O2S/c1-2-15-19-14-8-4-3-7-13(14)17(20-15)23-11-16(21)18-10-12-6-5-9-22-12/h3-9H,2,10-11H2,1H3,(H,18,21). The minimum Gasteiger partial charge on any atom is -0.467 e. The monoisotopic (exact) mass is 327 g/mol. The fourth-order valence-corrected chi connectivity index (χ4v) is 3.01. The van der Waals surface area contributed by atoms with Gasteiger partial charge in [-0.2, -0.15) is 0 Å². The molecule has 1 N–H and O–H groups in total. The molecule has 0 saturated heterocycles. The second-order valence-electron chi connectivity index (χ2n) is 4.96. The van der Waals surface area contributed by atoms with Crippen LogP contribution in [-0.4, -0.2) is 21.6 Å². The van der Waals surface area contributed by atoms with E-state index in [4.69, 9.17) is 4.42 Å². The lowest BCUT2D eigenvalue weighted by molar-refractivity contribution is -0.118. The lowest BCUT2D eigenvalue weighted by atomic mass is 10.2. The number of hydrogen-bond acceptors (Lipinski definition) is 5. The highest BCUT2D eigenvalue weighted by molar-refractivity contribution is 8.00. The summed E-state index contributed by atoms with van der Waals surface area (Å²) >= 11 is 1.43. The Labute approximate surface area is 138 Å². The fraction of sp³-hybridized carbons (Fsp3) is 0.235. The zero-order valence-electron chi connectivity index (χ0n) is 12.8. The van der Waals surface area contributed by atoms with Crippen LogP contribution in [0.15, 0.2) is 52.1 Å². The smallest absolute Gasteiger partial charge is 0.230 e. The van der Waals surface area contributed by atoms with Crippen molar-refractivity contribution in [1.29, 1.82) is 0 Å². The third-order valence-electron chi connectivity index (χ3n) is 3.31. The number of thioether (sulfide) groups is 1. The highest BCUT2D eigenvalue weighted by Gasteiger charge is 2.10. The van der Waals surface area contributed by atoms with E-state index in [-0.39, 0.29) is 5.91 Å². The number of aromatic nitrogens is 2. The number of amides is 1. The van der Waals surface area contributed by atoms with Gasteiger partial charge >= 0.3 is 0 Å². The molecule has 0 fully saturated rings. The van der Waals surface area contributed by atoms with Crippen molar-refractivity contribution >= 4 is 28.6 Å². The van der Waals surface area contributed by atoms with Gasteiger partial charge in [-0.25, -0.2) is 9.97 Å². The van der Waals surface area contributed by atoms with Gasteiger partial charge in [-0.1, -0.05) is 36.9 Å². The number of hydrogen-bond donors (Lipinski definition) is 1. The molecule has 0 atom stereocenters. The summed E-state index contributed by atoms with van der Waals surface area (Å²) in [6.45, 7) is 2.42. The molecule has 2 aromatic heterocycles. The van der Waals surface area contributed by atoms with E-state index in [1.54, 1.807) is 12.3 Å². The van der Waals surface area contributed by atoms with Crippen molar-refractivity contribution in [1.82, 2.24) is 15.3 Å². The van der Waals surface area contributed by atoms with E-state index < -0.39 is 0 Å². The van der Waals surface area contributed by atoms with Crippen LogP contribution >= 0.6 is 11.8 Å². The highest BCUT2D eigenvalue weighted by atomic mass is 32.2. The second kappa shape index (κ2) is 7.28.